The van der Waals surface area contributed by atoms with Crippen LogP contribution in [0.2, 0.25) is 0 Å². The van der Waals surface area contributed by atoms with E-state index in [1.54, 1.807) is 21.8 Å². The van der Waals surface area contributed by atoms with Crippen molar-refractivity contribution in [2.45, 2.75) is 45.1 Å². The number of hydrogen-bond acceptors (Lipinski definition) is 3. The zero-order chi connectivity index (χ0) is 13.4. The average molecular weight is 356 g/mol. The van der Waals surface area contributed by atoms with Crippen LogP contribution in [0, 0.1) is 6.92 Å². The van der Waals surface area contributed by atoms with E-state index in [1.807, 2.05) is 11.3 Å². The molecule has 4 heteroatoms. The number of nitrogens with two attached hydrogens (primary N) is 1. The average Bonchev–Trinajstić information content (AvgIpc) is 2.87. The van der Waals surface area contributed by atoms with Gasteiger partial charge < -0.3 is 5.73 Å². The first-order valence-corrected chi connectivity index (χ1v) is 9.20. The Hall–Kier alpha value is -0.160. The van der Waals surface area contributed by atoms with Crippen LogP contribution in [0.25, 0.3) is 0 Å². The van der Waals surface area contributed by atoms with Crippen LogP contribution in [0.5, 0.6) is 0 Å². The van der Waals surface area contributed by atoms with E-state index in [2.05, 4.69) is 35.0 Å². The lowest BCUT2D eigenvalue weighted by Crippen LogP contribution is -2.08. The molecule has 0 fully saturated rings. The zero-order valence-corrected chi connectivity index (χ0v) is 14.3. The number of rotatable bonds is 2. The molecule has 1 aliphatic rings. The lowest BCUT2D eigenvalue weighted by Gasteiger charge is -2.06. The molecule has 0 aliphatic heterocycles. The van der Waals surface area contributed by atoms with Gasteiger partial charge in [-0.1, -0.05) is 6.42 Å². The maximum Gasteiger partial charge on any atom is 0.0740 e. The van der Waals surface area contributed by atoms with E-state index < -0.39 is 0 Å². The molecule has 0 saturated heterocycles. The van der Waals surface area contributed by atoms with E-state index in [1.165, 1.54) is 51.2 Å². The summed E-state index contributed by atoms with van der Waals surface area (Å²) in [7, 11) is 0. The maximum absolute atomic E-state index is 6.45. The first-order valence-electron chi connectivity index (χ1n) is 6.78. The second kappa shape index (κ2) is 5.68. The van der Waals surface area contributed by atoms with Gasteiger partial charge in [0.2, 0.25) is 0 Å². The van der Waals surface area contributed by atoms with Crippen molar-refractivity contribution in [2.24, 2.45) is 5.73 Å². The second-order valence-corrected chi connectivity index (χ2v) is 8.81. The van der Waals surface area contributed by atoms with Gasteiger partial charge in [0.25, 0.3) is 0 Å². The van der Waals surface area contributed by atoms with Crippen molar-refractivity contribution in [3.63, 3.8) is 0 Å². The van der Waals surface area contributed by atoms with E-state index >= 15 is 0 Å². The predicted octanol–water partition coefficient (Wildman–Crippen LogP) is 5.20. The summed E-state index contributed by atoms with van der Waals surface area (Å²) in [6.45, 7) is 2.13. The van der Waals surface area contributed by atoms with E-state index in [0.717, 1.165) is 0 Å². The molecule has 0 bridgehead atoms. The van der Waals surface area contributed by atoms with Crippen molar-refractivity contribution in [1.82, 2.24) is 0 Å². The number of thiophene rings is 2. The molecule has 0 aromatic carbocycles. The highest BCUT2D eigenvalue weighted by Gasteiger charge is 2.19. The lowest BCUT2D eigenvalue weighted by molar-refractivity contribution is 0.712. The fourth-order valence-corrected chi connectivity index (χ4v) is 5.57. The van der Waals surface area contributed by atoms with Crippen LogP contribution in [0.1, 0.15) is 51.1 Å². The van der Waals surface area contributed by atoms with Crippen LogP contribution in [-0.4, -0.2) is 0 Å². The molecule has 2 N–H and O–H groups in total. The molecule has 1 unspecified atom stereocenters. The Morgan fingerprint density at radius 1 is 1.11 bits per heavy atom. The SMILES string of the molecule is Cc1cc(C(N)c2cc3c(s2)CCCCC3)sc1Br. The quantitative estimate of drug-likeness (QED) is 0.736. The van der Waals surface area contributed by atoms with Crippen molar-refractivity contribution >= 4 is 38.6 Å². The Labute approximate surface area is 131 Å². The first kappa shape index (κ1) is 13.8. The van der Waals surface area contributed by atoms with Crippen LogP contribution in [0.4, 0.5) is 0 Å². The molecule has 1 nitrogen and oxygen atoms in total. The summed E-state index contributed by atoms with van der Waals surface area (Å²) in [5.41, 5.74) is 9.29. The zero-order valence-electron chi connectivity index (χ0n) is 11.0. The highest BCUT2D eigenvalue weighted by Crippen LogP contribution is 2.38. The Bertz CT molecular complexity index is 542. The predicted molar refractivity (Wildman–Crippen MR) is 88.4 cm³/mol. The van der Waals surface area contributed by atoms with Crippen LogP contribution in [-0.2, 0) is 12.8 Å². The van der Waals surface area contributed by atoms with E-state index in [-0.39, 0.29) is 6.04 Å². The minimum atomic E-state index is 0.0481. The molecule has 1 aliphatic carbocycles. The molecule has 2 aromatic heterocycles. The smallest absolute Gasteiger partial charge is 0.0740 e. The Morgan fingerprint density at radius 2 is 1.84 bits per heavy atom. The third-order valence-corrected chi connectivity index (χ3v) is 7.29. The number of fused-ring (bicyclic) bond motifs is 1. The topological polar surface area (TPSA) is 26.0 Å². The third-order valence-electron chi connectivity index (χ3n) is 3.75. The monoisotopic (exact) mass is 355 g/mol. The Kier molecular flexibility index (Phi) is 4.13. The summed E-state index contributed by atoms with van der Waals surface area (Å²) in [6.07, 6.45) is 6.54. The fourth-order valence-electron chi connectivity index (χ4n) is 2.62. The Morgan fingerprint density at radius 3 is 2.58 bits per heavy atom. The molecule has 3 rings (SSSR count). The van der Waals surface area contributed by atoms with Crippen LogP contribution < -0.4 is 5.73 Å². The van der Waals surface area contributed by atoms with Gasteiger partial charge in [0, 0.05) is 14.6 Å². The van der Waals surface area contributed by atoms with Gasteiger partial charge in [0.15, 0.2) is 0 Å². The second-order valence-electron chi connectivity index (χ2n) is 5.24. The molecule has 0 saturated carbocycles. The number of aryl methyl sites for hydroxylation is 3. The van der Waals surface area contributed by atoms with E-state index in [9.17, 15) is 0 Å². The maximum atomic E-state index is 6.45. The molecule has 1 atom stereocenters. The molecule has 0 radical (unpaired) electrons. The summed E-state index contributed by atoms with van der Waals surface area (Å²) < 4.78 is 1.20. The van der Waals surface area contributed by atoms with Crippen LogP contribution in [0.15, 0.2) is 15.9 Å². The van der Waals surface area contributed by atoms with Gasteiger partial charge in [0.05, 0.1) is 9.83 Å². The minimum absolute atomic E-state index is 0.0481. The largest absolute Gasteiger partial charge is 0.319 e. The van der Waals surface area contributed by atoms with Gasteiger partial charge in [0.1, 0.15) is 0 Å². The van der Waals surface area contributed by atoms with Gasteiger partial charge in [-0.2, -0.15) is 0 Å². The van der Waals surface area contributed by atoms with Gasteiger partial charge >= 0.3 is 0 Å². The summed E-state index contributed by atoms with van der Waals surface area (Å²) in [6, 6.07) is 4.62. The summed E-state index contributed by atoms with van der Waals surface area (Å²) in [5, 5.41) is 0. The van der Waals surface area contributed by atoms with Gasteiger partial charge in [-0.15, -0.1) is 22.7 Å². The lowest BCUT2D eigenvalue weighted by atomic mass is 10.1. The molecule has 2 heterocycles. The normalized spacial score (nSPS) is 17.0. The number of halogens is 1. The van der Waals surface area contributed by atoms with Crippen molar-refractivity contribution < 1.29 is 0 Å². The van der Waals surface area contributed by atoms with E-state index in [0.29, 0.717) is 0 Å². The molecular formula is C15H18BrNS2. The first-order chi connectivity index (χ1) is 9.15. The Balaban J connectivity index is 1.89. The highest BCUT2D eigenvalue weighted by molar-refractivity contribution is 9.11. The molecule has 2 aromatic rings. The molecule has 19 heavy (non-hydrogen) atoms. The third kappa shape index (κ3) is 2.82. The van der Waals surface area contributed by atoms with Crippen molar-refractivity contribution in [1.29, 1.82) is 0 Å². The van der Waals surface area contributed by atoms with Gasteiger partial charge in [-0.05, 0) is 71.8 Å². The summed E-state index contributed by atoms with van der Waals surface area (Å²) in [5.74, 6) is 0. The fraction of sp³-hybridized carbons (Fsp3) is 0.467. The number of hydrogen-bond donors (Lipinski definition) is 1. The van der Waals surface area contributed by atoms with E-state index in [4.69, 9.17) is 5.73 Å². The van der Waals surface area contributed by atoms with Crippen LogP contribution in [0.3, 0.4) is 0 Å². The molecule has 102 valence electrons. The minimum Gasteiger partial charge on any atom is -0.319 e. The summed E-state index contributed by atoms with van der Waals surface area (Å²) >= 11 is 7.29. The van der Waals surface area contributed by atoms with Gasteiger partial charge in [-0.3, -0.25) is 0 Å². The molecule has 0 spiro atoms. The van der Waals surface area contributed by atoms with Crippen LogP contribution >= 0.6 is 38.6 Å². The molecular weight excluding hydrogens is 338 g/mol. The highest BCUT2D eigenvalue weighted by atomic mass is 79.9. The van der Waals surface area contributed by atoms with Crippen molar-refractivity contribution in [3.8, 4) is 0 Å². The molecule has 0 amide bonds. The van der Waals surface area contributed by atoms with Gasteiger partial charge in [-0.25, -0.2) is 0 Å². The standard InChI is InChI=1S/C15H18BrNS2/c1-9-7-12(19-15(9)16)14(17)13-8-10-5-3-2-4-6-11(10)18-13/h7-8,14H,2-6,17H2,1H3. The van der Waals surface area contributed by atoms with Crippen molar-refractivity contribution in [2.75, 3.05) is 0 Å². The van der Waals surface area contributed by atoms with Crippen molar-refractivity contribution in [3.05, 3.63) is 41.7 Å². The summed E-state index contributed by atoms with van der Waals surface area (Å²) in [4.78, 5) is 4.18.